The Morgan fingerprint density at radius 2 is 2.17 bits per heavy atom. The van der Waals surface area contributed by atoms with Gasteiger partial charge >= 0.3 is 0 Å². The van der Waals surface area contributed by atoms with Crippen LogP contribution in [0.2, 0.25) is 0 Å². The number of halogens is 1. The molecule has 0 radical (unpaired) electrons. The first-order chi connectivity index (χ1) is 8.78. The van der Waals surface area contributed by atoms with E-state index < -0.39 is 0 Å². The molecule has 1 aliphatic heterocycles. The number of nitrogens with zero attached hydrogens (tertiary/aromatic N) is 2. The summed E-state index contributed by atoms with van der Waals surface area (Å²) >= 11 is 3.42. The Labute approximate surface area is 118 Å². The van der Waals surface area contributed by atoms with Gasteiger partial charge in [-0.05, 0) is 79.9 Å². The van der Waals surface area contributed by atoms with Crippen molar-refractivity contribution >= 4 is 15.9 Å². The van der Waals surface area contributed by atoms with Crippen LogP contribution in [0.15, 0.2) is 22.8 Å². The molecule has 0 spiro atoms. The number of rotatable bonds is 5. The summed E-state index contributed by atoms with van der Waals surface area (Å²) in [5.41, 5.74) is 1.17. The van der Waals surface area contributed by atoms with E-state index >= 15 is 0 Å². The molecule has 0 saturated carbocycles. The Balaban J connectivity index is 1.74. The molecular formula is C14H22BrN3. The van der Waals surface area contributed by atoms with Crippen LogP contribution in [0.25, 0.3) is 0 Å². The van der Waals surface area contributed by atoms with Crippen LogP contribution in [0, 0.1) is 5.92 Å². The Hall–Kier alpha value is -0.450. The normalized spacial score (nSPS) is 18.1. The van der Waals surface area contributed by atoms with Gasteiger partial charge in [0.1, 0.15) is 0 Å². The molecule has 0 unspecified atom stereocenters. The third kappa shape index (κ3) is 4.34. The fraction of sp³-hybridized carbons (Fsp3) is 0.643. The first-order valence-corrected chi connectivity index (χ1v) is 7.54. The molecule has 1 aliphatic rings. The zero-order chi connectivity index (χ0) is 12.8. The molecule has 0 bridgehead atoms. The number of piperidine rings is 1. The van der Waals surface area contributed by atoms with Crippen molar-refractivity contribution in [3.8, 4) is 0 Å². The minimum absolute atomic E-state index is 0.909. The average Bonchev–Trinajstić information content (AvgIpc) is 2.41. The minimum Gasteiger partial charge on any atom is -0.320 e. The zero-order valence-electron chi connectivity index (χ0n) is 11.0. The lowest BCUT2D eigenvalue weighted by atomic mass is 9.93. The van der Waals surface area contributed by atoms with Crippen LogP contribution >= 0.6 is 15.9 Å². The number of hydrogen-bond donors (Lipinski definition) is 1. The summed E-state index contributed by atoms with van der Waals surface area (Å²) < 4.78 is 1.05. The first-order valence-electron chi connectivity index (χ1n) is 6.75. The molecule has 1 saturated heterocycles. The lowest BCUT2D eigenvalue weighted by Crippen LogP contribution is -2.34. The second kappa shape index (κ2) is 7.22. The van der Waals surface area contributed by atoms with E-state index in [1.54, 1.807) is 0 Å². The summed E-state index contributed by atoms with van der Waals surface area (Å²) in [6.45, 7) is 4.57. The van der Waals surface area contributed by atoms with E-state index in [9.17, 15) is 0 Å². The Morgan fingerprint density at radius 1 is 1.39 bits per heavy atom. The van der Waals surface area contributed by atoms with Crippen LogP contribution in [0.3, 0.4) is 0 Å². The SMILES string of the molecule is CNCCC1CCN(Cc2ccc(Br)cn2)CC1. The Bertz CT molecular complexity index is 345. The maximum Gasteiger partial charge on any atom is 0.0544 e. The zero-order valence-corrected chi connectivity index (χ0v) is 12.6. The third-order valence-corrected chi connectivity index (χ3v) is 4.15. The van der Waals surface area contributed by atoms with E-state index in [1.165, 1.54) is 38.0 Å². The van der Waals surface area contributed by atoms with E-state index in [1.807, 2.05) is 13.2 Å². The molecule has 4 heteroatoms. The molecule has 1 N–H and O–H groups in total. The fourth-order valence-corrected chi connectivity index (χ4v) is 2.75. The molecule has 0 aromatic carbocycles. The quantitative estimate of drug-likeness (QED) is 0.906. The fourth-order valence-electron chi connectivity index (χ4n) is 2.51. The van der Waals surface area contributed by atoms with Gasteiger partial charge in [0.15, 0.2) is 0 Å². The van der Waals surface area contributed by atoms with Gasteiger partial charge in [-0.3, -0.25) is 9.88 Å². The first kappa shape index (κ1) is 14.0. The third-order valence-electron chi connectivity index (χ3n) is 3.68. The van der Waals surface area contributed by atoms with Gasteiger partial charge < -0.3 is 5.32 Å². The number of hydrogen-bond acceptors (Lipinski definition) is 3. The van der Waals surface area contributed by atoms with E-state index in [0.29, 0.717) is 0 Å². The van der Waals surface area contributed by atoms with Gasteiger partial charge in [0.05, 0.1) is 5.69 Å². The molecule has 2 heterocycles. The van der Waals surface area contributed by atoms with Crippen LogP contribution in [-0.4, -0.2) is 36.6 Å². The number of likely N-dealkylation sites (tertiary alicyclic amines) is 1. The summed E-state index contributed by atoms with van der Waals surface area (Å²) in [7, 11) is 2.04. The van der Waals surface area contributed by atoms with Crippen molar-refractivity contribution in [3.05, 3.63) is 28.5 Å². The molecule has 100 valence electrons. The monoisotopic (exact) mass is 311 g/mol. The Morgan fingerprint density at radius 3 is 2.78 bits per heavy atom. The molecule has 0 amide bonds. The second-order valence-electron chi connectivity index (χ2n) is 5.08. The molecule has 1 fully saturated rings. The largest absolute Gasteiger partial charge is 0.320 e. The van der Waals surface area contributed by atoms with E-state index in [0.717, 1.165) is 23.5 Å². The summed E-state index contributed by atoms with van der Waals surface area (Å²) in [5.74, 6) is 0.909. The van der Waals surface area contributed by atoms with Crippen molar-refractivity contribution in [1.82, 2.24) is 15.2 Å². The highest BCUT2D eigenvalue weighted by Crippen LogP contribution is 2.21. The van der Waals surface area contributed by atoms with Crippen molar-refractivity contribution in [2.24, 2.45) is 5.92 Å². The average molecular weight is 312 g/mol. The maximum absolute atomic E-state index is 4.44. The number of nitrogens with one attached hydrogen (secondary N) is 1. The second-order valence-corrected chi connectivity index (χ2v) is 6.00. The van der Waals surface area contributed by atoms with Gasteiger partial charge in [-0.15, -0.1) is 0 Å². The van der Waals surface area contributed by atoms with Crippen LogP contribution in [0.1, 0.15) is 25.0 Å². The highest BCUT2D eigenvalue weighted by molar-refractivity contribution is 9.10. The van der Waals surface area contributed by atoms with Crippen LogP contribution in [-0.2, 0) is 6.54 Å². The summed E-state index contributed by atoms with van der Waals surface area (Å²) in [4.78, 5) is 6.96. The van der Waals surface area contributed by atoms with Crippen molar-refractivity contribution in [3.63, 3.8) is 0 Å². The van der Waals surface area contributed by atoms with Gasteiger partial charge in [0.25, 0.3) is 0 Å². The molecule has 3 nitrogen and oxygen atoms in total. The molecule has 0 atom stereocenters. The van der Waals surface area contributed by atoms with Crippen molar-refractivity contribution in [1.29, 1.82) is 0 Å². The van der Waals surface area contributed by atoms with E-state index in [-0.39, 0.29) is 0 Å². The van der Waals surface area contributed by atoms with Crippen molar-refractivity contribution < 1.29 is 0 Å². The predicted octanol–water partition coefficient (Wildman–Crippen LogP) is 2.67. The number of pyridine rings is 1. The molecule has 1 aromatic heterocycles. The molecular weight excluding hydrogens is 290 g/mol. The van der Waals surface area contributed by atoms with Gasteiger partial charge in [-0.1, -0.05) is 0 Å². The van der Waals surface area contributed by atoms with Gasteiger partial charge in [-0.2, -0.15) is 0 Å². The highest BCUT2D eigenvalue weighted by atomic mass is 79.9. The summed E-state index contributed by atoms with van der Waals surface area (Å²) in [5, 5.41) is 3.24. The molecule has 0 aliphatic carbocycles. The van der Waals surface area contributed by atoms with Crippen LogP contribution in [0.5, 0.6) is 0 Å². The van der Waals surface area contributed by atoms with Gasteiger partial charge in [0, 0.05) is 17.2 Å². The standard InChI is InChI=1S/C14H22BrN3/c1-16-7-4-12-5-8-18(9-6-12)11-14-3-2-13(15)10-17-14/h2-3,10,12,16H,4-9,11H2,1H3. The van der Waals surface area contributed by atoms with Gasteiger partial charge in [0.2, 0.25) is 0 Å². The smallest absolute Gasteiger partial charge is 0.0544 e. The Kier molecular flexibility index (Phi) is 5.60. The maximum atomic E-state index is 4.44. The molecule has 1 aromatic rings. The molecule has 18 heavy (non-hydrogen) atoms. The summed E-state index contributed by atoms with van der Waals surface area (Å²) in [6, 6.07) is 4.18. The van der Waals surface area contributed by atoms with Crippen LogP contribution in [0.4, 0.5) is 0 Å². The lowest BCUT2D eigenvalue weighted by molar-refractivity contribution is 0.171. The molecule has 2 rings (SSSR count). The lowest BCUT2D eigenvalue weighted by Gasteiger charge is -2.31. The van der Waals surface area contributed by atoms with Crippen molar-refractivity contribution in [2.45, 2.75) is 25.8 Å². The predicted molar refractivity (Wildman–Crippen MR) is 78.5 cm³/mol. The minimum atomic E-state index is 0.909. The highest BCUT2D eigenvalue weighted by Gasteiger charge is 2.18. The van der Waals surface area contributed by atoms with E-state index in [2.05, 4.69) is 43.3 Å². The summed E-state index contributed by atoms with van der Waals surface area (Å²) in [6.07, 6.45) is 5.87. The van der Waals surface area contributed by atoms with E-state index in [4.69, 9.17) is 0 Å². The van der Waals surface area contributed by atoms with Gasteiger partial charge in [-0.25, -0.2) is 0 Å². The van der Waals surface area contributed by atoms with Crippen molar-refractivity contribution in [2.75, 3.05) is 26.7 Å². The topological polar surface area (TPSA) is 28.2 Å². The number of aromatic nitrogens is 1. The van der Waals surface area contributed by atoms with Crippen LogP contribution < -0.4 is 5.32 Å².